The van der Waals surface area contributed by atoms with E-state index < -0.39 is 0 Å². The van der Waals surface area contributed by atoms with Crippen molar-refractivity contribution in [3.05, 3.63) is 67.7 Å². The van der Waals surface area contributed by atoms with Gasteiger partial charge >= 0.3 is 5.69 Å². The maximum absolute atomic E-state index is 13.2. The fourth-order valence-electron chi connectivity index (χ4n) is 3.84. The minimum Gasteiger partial charge on any atom is -0.376 e. The quantitative estimate of drug-likeness (QED) is 0.531. The van der Waals surface area contributed by atoms with Crippen LogP contribution in [0.2, 0.25) is 0 Å². The number of ether oxygens (including phenoxy) is 1. The molecule has 1 unspecified atom stereocenters. The van der Waals surface area contributed by atoms with Crippen LogP contribution in [0.15, 0.2) is 45.3 Å². The number of nitrogens with zero attached hydrogens (tertiary/aromatic N) is 4. The third-order valence-corrected chi connectivity index (χ3v) is 6.27. The lowest BCUT2D eigenvalue weighted by Gasteiger charge is -2.12. The summed E-state index contributed by atoms with van der Waals surface area (Å²) in [5.74, 6) is 0.380. The van der Waals surface area contributed by atoms with Crippen molar-refractivity contribution in [2.24, 2.45) is 0 Å². The zero-order valence-corrected chi connectivity index (χ0v) is 16.3. The molecule has 0 N–H and O–H groups in total. The second-order valence-electron chi connectivity index (χ2n) is 7.19. The molecule has 1 aromatic carbocycles. The van der Waals surface area contributed by atoms with Crippen LogP contribution in [-0.2, 0) is 17.8 Å². The van der Waals surface area contributed by atoms with Crippen molar-refractivity contribution in [1.82, 2.24) is 18.7 Å². The van der Waals surface area contributed by atoms with Crippen LogP contribution in [-0.4, -0.2) is 31.5 Å². The van der Waals surface area contributed by atoms with E-state index in [0.717, 1.165) is 24.0 Å². The number of aryl methyl sites for hydroxylation is 1. The third-order valence-electron chi connectivity index (χ3n) is 5.38. The van der Waals surface area contributed by atoms with E-state index in [4.69, 9.17) is 4.74 Å². The third kappa shape index (κ3) is 2.71. The average Bonchev–Trinajstić information content (AvgIpc) is 3.42. The Morgan fingerprint density at radius 2 is 2.11 bits per heavy atom. The van der Waals surface area contributed by atoms with Crippen LogP contribution in [0.4, 0.5) is 0 Å². The van der Waals surface area contributed by atoms with Gasteiger partial charge < -0.3 is 4.74 Å². The Bertz CT molecular complexity index is 1290. The normalized spacial score (nSPS) is 17.1. The highest BCUT2D eigenvalue weighted by Gasteiger charge is 2.23. The number of aromatic nitrogens is 4. The Hall–Kier alpha value is -2.71. The van der Waals surface area contributed by atoms with Crippen molar-refractivity contribution in [3.8, 4) is 0 Å². The predicted molar refractivity (Wildman–Crippen MR) is 108 cm³/mol. The van der Waals surface area contributed by atoms with Crippen LogP contribution in [0.3, 0.4) is 0 Å². The Kier molecular flexibility index (Phi) is 4.17. The van der Waals surface area contributed by atoms with Crippen molar-refractivity contribution in [2.75, 3.05) is 6.61 Å². The summed E-state index contributed by atoms with van der Waals surface area (Å²) in [6.45, 7) is 3.51. The first-order valence-electron chi connectivity index (χ1n) is 9.39. The summed E-state index contributed by atoms with van der Waals surface area (Å²) in [6.07, 6.45) is 1.89. The summed E-state index contributed by atoms with van der Waals surface area (Å²) in [7, 11) is 0. The highest BCUT2D eigenvalue weighted by atomic mass is 32.1. The summed E-state index contributed by atoms with van der Waals surface area (Å²) in [6, 6.07) is 9.74. The maximum atomic E-state index is 13.2. The van der Waals surface area contributed by atoms with Gasteiger partial charge in [-0.05, 0) is 42.3 Å². The van der Waals surface area contributed by atoms with E-state index in [-0.39, 0.29) is 17.4 Å². The molecule has 1 atom stereocenters. The van der Waals surface area contributed by atoms with Gasteiger partial charge in [-0.2, -0.15) is 0 Å². The fraction of sp³-hybridized carbons (Fsp3) is 0.350. The molecular formula is C20H20N4O3S. The van der Waals surface area contributed by atoms with Crippen LogP contribution in [0.25, 0.3) is 16.0 Å². The van der Waals surface area contributed by atoms with Gasteiger partial charge in [0, 0.05) is 6.61 Å². The molecule has 28 heavy (non-hydrogen) atoms. The van der Waals surface area contributed by atoms with Gasteiger partial charge in [-0.15, -0.1) is 16.4 Å². The molecule has 1 saturated heterocycles. The molecule has 0 spiro atoms. The van der Waals surface area contributed by atoms with E-state index in [1.807, 2.05) is 42.6 Å². The number of hydrogen-bond acceptors (Lipinski definition) is 5. The first-order chi connectivity index (χ1) is 13.6. The molecule has 4 aromatic rings. The van der Waals surface area contributed by atoms with Crippen LogP contribution < -0.4 is 11.2 Å². The molecule has 1 aliphatic rings. The van der Waals surface area contributed by atoms with Crippen molar-refractivity contribution >= 4 is 27.3 Å². The molecule has 0 aliphatic carbocycles. The van der Waals surface area contributed by atoms with Gasteiger partial charge in [0.25, 0.3) is 5.56 Å². The highest BCUT2D eigenvalue weighted by Crippen LogP contribution is 2.20. The zero-order valence-electron chi connectivity index (χ0n) is 15.5. The van der Waals surface area contributed by atoms with Crippen molar-refractivity contribution in [2.45, 2.75) is 39.0 Å². The Balaban J connectivity index is 1.72. The summed E-state index contributed by atoms with van der Waals surface area (Å²) in [4.78, 5) is 26.3. The molecule has 0 bridgehead atoms. The maximum Gasteiger partial charge on any atom is 0.352 e. The fourth-order valence-corrected chi connectivity index (χ4v) is 4.67. The number of thiophene rings is 1. The van der Waals surface area contributed by atoms with E-state index >= 15 is 0 Å². The molecule has 7 nitrogen and oxygen atoms in total. The van der Waals surface area contributed by atoms with E-state index in [1.165, 1.54) is 16.0 Å². The molecule has 5 rings (SSSR count). The second kappa shape index (κ2) is 6.72. The van der Waals surface area contributed by atoms with Gasteiger partial charge in [-0.1, -0.05) is 24.3 Å². The Morgan fingerprint density at radius 1 is 1.25 bits per heavy atom. The largest absolute Gasteiger partial charge is 0.376 e. The lowest BCUT2D eigenvalue weighted by atomic mass is 10.1. The second-order valence-corrected chi connectivity index (χ2v) is 8.10. The first-order valence-corrected chi connectivity index (χ1v) is 10.3. The molecule has 3 aromatic heterocycles. The number of benzene rings is 1. The molecule has 4 heterocycles. The molecule has 8 heteroatoms. The minimum atomic E-state index is -0.234. The topological polar surface area (TPSA) is 70.5 Å². The molecule has 0 amide bonds. The predicted octanol–water partition coefficient (Wildman–Crippen LogP) is 2.41. The first kappa shape index (κ1) is 17.4. The average molecular weight is 396 g/mol. The summed E-state index contributed by atoms with van der Waals surface area (Å²) >= 11 is 1.35. The summed E-state index contributed by atoms with van der Waals surface area (Å²) in [5.41, 5.74) is 2.41. The molecule has 0 radical (unpaired) electrons. The number of rotatable bonds is 4. The standard InChI is InChI=1S/C20H20N4O3S/c1-13-5-2-3-6-14(13)11-23-20(26)24-16-8-10-28-17(16)18(25)22(19(24)21-23)12-15-7-4-9-27-15/h2-3,5-6,8,10,15H,4,7,9,11-12H2,1H3. The van der Waals surface area contributed by atoms with Gasteiger partial charge in [-0.3, -0.25) is 9.36 Å². The van der Waals surface area contributed by atoms with Gasteiger partial charge in [0.15, 0.2) is 0 Å². The van der Waals surface area contributed by atoms with Crippen LogP contribution in [0.1, 0.15) is 24.0 Å². The Labute approximate surface area is 164 Å². The minimum absolute atomic E-state index is 0.0180. The van der Waals surface area contributed by atoms with Crippen molar-refractivity contribution in [1.29, 1.82) is 0 Å². The lowest BCUT2D eigenvalue weighted by molar-refractivity contribution is 0.0969. The van der Waals surface area contributed by atoms with E-state index in [0.29, 0.717) is 35.7 Å². The van der Waals surface area contributed by atoms with Crippen LogP contribution >= 0.6 is 11.3 Å². The van der Waals surface area contributed by atoms with Crippen LogP contribution in [0.5, 0.6) is 0 Å². The lowest BCUT2D eigenvalue weighted by Crippen LogP contribution is -2.29. The van der Waals surface area contributed by atoms with E-state index in [9.17, 15) is 9.59 Å². The molecule has 0 saturated carbocycles. The highest BCUT2D eigenvalue weighted by molar-refractivity contribution is 7.17. The van der Waals surface area contributed by atoms with Gasteiger partial charge in [0.05, 0.1) is 24.7 Å². The number of hydrogen-bond donors (Lipinski definition) is 0. The van der Waals surface area contributed by atoms with Crippen molar-refractivity contribution < 1.29 is 4.74 Å². The van der Waals surface area contributed by atoms with Gasteiger partial charge in [0.1, 0.15) is 4.70 Å². The van der Waals surface area contributed by atoms with Crippen LogP contribution in [0, 0.1) is 6.92 Å². The smallest absolute Gasteiger partial charge is 0.352 e. The number of fused-ring (bicyclic) bond motifs is 3. The monoisotopic (exact) mass is 396 g/mol. The molecule has 1 fully saturated rings. The van der Waals surface area contributed by atoms with Crippen molar-refractivity contribution in [3.63, 3.8) is 0 Å². The molecule has 1 aliphatic heterocycles. The van der Waals surface area contributed by atoms with Gasteiger partial charge in [0.2, 0.25) is 5.78 Å². The zero-order chi connectivity index (χ0) is 19.3. The van der Waals surface area contributed by atoms with E-state index in [2.05, 4.69) is 5.10 Å². The Morgan fingerprint density at radius 3 is 2.89 bits per heavy atom. The summed E-state index contributed by atoms with van der Waals surface area (Å²) < 4.78 is 10.9. The SMILES string of the molecule is Cc1ccccc1Cn1nc2n(CC3CCCO3)c(=O)c3sccc3n2c1=O. The summed E-state index contributed by atoms with van der Waals surface area (Å²) in [5, 5.41) is 6.40. The van der Waals surface area contributed by atoms with Gasteiger partial charge in [-0.25, -0.2) is 13.9 Å². The molecular weight excluding hydrogens is 376 g/mol. The van der Waals surface area contributed by atoms with E-state index in [1.54, 1.807) is 8.97 Å². The molecule has 144 valence electrons.